The molecule has 2 atom stereocenters. The molecule has 154 valence electrons. The van der Waals surface area contributed by atoms with E-state index in [1.165, 1.54) is 16.4 Å². The summed E-state index contributed by atoms with van der Waals surface area (Å²) in [6.45, 7) is 1.09. The molecule has 1 fully saturated rings. The highest BCUT2D eigenvalue weighted by molar-refractivity contribution is 7.89. The van der Waals surface area contributed by atoms with Crippen molar-refractivity contribution in [3.63, 3.8) is 0 Å². The summed E-state index contributed by atoms with van der Waals surface area (Å²) in [7, 11) is -3.63. The lowest BCUT2D eigenvalue weighted by atomic mass is 9.81. The number of sulfonamides is 1. The van der Waals surface area contributed by atoms with Crippen LogP contribution in [0.4, 0.5) is 4.39 Å². The molecule has 5 nitrogen and oxygen atoms in total. The summed E-state index contributed by atoms with van der Waals surface area (Å²) in [5.41, 5.74) is 1.70. The number of rotatable bonds is 3. The van der Waals surface area contributed by atoms with Crippen LogP contribution < -0.4 is 5.56 Å². The molecule has 0 saturated carbocycles. The van der Waals surface area contributed by atoms with E-state index in [1.54, 1.807) is 59.2 Å². The molecule has 2 aliphatic heterocycles. The van der Waals surface area contributed by atoms with Crippen LogP contribution in [-0.4, -0.2) is 30.4 Å². The first-order valence-electron chi connectivity index (χ1n) is 9.99. The lowest BCUT2D eigenvalue weighted by Gasteiger charge is -2.42. The zero-order valence-corrected chi connectivity index (χ0v) is 17.1. The Balaban J connectivity index is 1.60. The van der Waals surface area contributed by atoms with Crippen LogP contribution in [0.15, 0.2) is 76.4 Å². The SMILES string of the molecule is O=c1ccc(-c2ccccc2F)c2n1CC1CC2CN(S(=O)(=O)c2ccccc2)C1. The van der Waals surface area contributed by atoms with E-state index in [2.05, 4.69) is 0 Å². The average Bonchev–Trinajstić information content (AvgIpc) is 2.75. The maximum Gasteiger partial charge on any atom is 0.250 e. The van der Waals surface area contributed by atoms with Gasteiger partial charge in [-0.3, -0.25) is 4.79 Å². The lowest BCUT2D eigenvalue weighted by Crippen LogP contribution is -2.49. The normalized spacial score (nSPS) is 21.2. The smallest absolute Gasteiger partial charge is 0.250 e. The van der Waals surface area contributed by atoms with E-state index in [-0.39, 0.29) is 34.7 Å². The third-order valence-electron chi connectivity index (χ3n) is 6.10. The molecule has 0 amide bonds. The van der Waals surface area contributed by atoms with Crippen LogP contribution in [-0.2, 0) is 16.6 Å². The molecule has 3 heterocycles. The summed E-state index contributed by atoms with van der Waals surface area (Å²) in [6.07, 6.45) is 0.783. The van der Waals surface area contributed by atoms with E-state index in [0.29, 0.717) is 24.2 Å². The number of fused-ring (bicyclic) bond motifs is 4. The van der Waals surface area contributed by atoms with Gasteiger partial charge < -0.3 is 4.57 Å². The van der Waals surface area contributed by atoms with Crippen molar-refractivity contribution >= 4 is 10.0 Å². The van der Waals surface area contributed by atoms with Crippen LogP contribution in [0.5, 0.6) is 0 Å². The first-order chi connectivity index (χ1) is 14.4. The molecule has 2 unspecified atom stereocenters. The van der Waals surface area contributed by atoms with Crippen molar-refractivity contribution in [1.82, 2.24) is 8.87 Å². The third kappa shape index (κ3) is 3.09. The zero-order valence-electron chi connectivity index (χ0n) is 16.2. The van der Waals surface area contributed by atoms with Gasteiger partial charge in [0.25, 0.3) is 5.56 Å². The summed E-state index contributed by atoms with van der Waals surface area (Å²) < 4.78 is 44.2. The topological polar surface area (TPSA) is 59.4 Å². The van der Waals surface area contributed by atoms with Crippen molar-refractivity contribution in [3.05, 3.63) is 88.6 Å². The molecule has 30 heavy (non-hydrogen) atoms. The number of benzene rings is 2. The summed E-state index contributed by atoms with van der Waals surface area (Å²) in [6, 6.07) is 18.0. The molecular formula is C23H21FN2O3S. The molecule has 0 spiro atoms. The molecule has 0 N–H and O–H groups in total. The Kier molecular flexibility index (Phi) is 4.60. The van der Waals surface area contributed by atoms with Gasteiger partial charge in [-0.25, -0.2) is 12.8 Å². The van der Waals surface area contributed by atoms with Crippen LogP contribution in [0, 0.1) is 11.7 Å². The van der Waals surface area contributed by atoms with Crippen molar-refractivity contribution in [2.24, 2.45) is 5.92 Å². The molecule has 1 saturated heterocycles. The Labute approximate surface area is 174 Å². The van der Waals surface area contributed by atoms with Crippen LogP contribution in [0.3, 0.4) is 0 Å². The molecule has 3 aromatic rings. The molecule has 7 heteroatoms. The fourth-order valence-electron chi connectivity index (χ4n) is 4.82. The van der Waals surface area contributed by atoms with E-state index in [0.717, 1.165) is 12.1 Å². The Morgan fingerprint density at radius 3 is 2.33 bits per heavy atom. The molecule has 5 rings (SSSR count). The fourth-order valence-corrected chi connectivity index (χ4v) is 6.40. The van der Waals surface area contributed by atoms with Gasteiger partial charge >= 0.3 is 0 Å². The highest BCUT2D eigenvalue weighted by Gasteiger charge is 2.40. The maximum absolute atomic E-state index is 14.6. The summed E-state index contributed by atoms with van der Waals surface area (Å²) in [4.78, 5) is 12.9. The summed E-state index contributed by atoms with van der Waals surface area (Å²) >= 11 is 0. The van der Waals surface area contributed by atoms with E-state index < -0.39 is 10.0 Å². The van der Waals surface area contributed by atoms with Gasteiger partial charge in [0.1, 0.15) is 5.82 Å². The van der Waals surface area contributed by atoms with Gasteiger partial charge in [-0.05, 0) is 36.6 Å². The van der Waals surface area contributed by atoms with E-state index in [4.69, 9.17) is 0 Å². The summed E-state index contributed by atoms with van der Waals surface area (Å²) in [5.74, 6) is -0.478. The number of aromatic nitrogens is 1. The minimum absolute atomic E-state index is 0.0447. The Hall–Kier alpha value is -2.77. The monoisotopic (exact) mass is 424 g/mol. The number of hydrogen-bond acceptors (Lipinski definition) is 3. The quantitative estimate of drug-likeness (QED) is 0.647. The number of pyridine rings is 1. The largest absolute Gasteiger partial charge is 0.311 e. The van der Waals surface area contributed by atoms with Crippen LogP contribution >= 0.6 is 0 Å². The van der Waals surface area contributed by atoms with E-state index in [1.807, 2.05) is 0 Å². The number of piperidine rings is 1. The average molecular weight is 424 g/mol. The molecule has 2 aliphatic rings. The first-order valence-corrected chi connectivity index (χ1v) is 11.4. The number of nitrogens with zero attached hydrogens (tertiary/aromatic N) is 2. The highest BCUT2D eigenvalue weighted by atomic mass is 32.2. The minimum atomic E-state index is -3.63. The fraction of sp³-hybridized carbons (Fsp3) is 0.261. The molecule has 2 aromatic carbocycles. The minimum Gasteiger partial charge on any atom is -0.311 e. The predicted molar refractivity (Wildman–Crippen MR) is 112 cm³/mol. The zero-order chi connectivity index (χ0) is 20.9. The number of halogens is 1. The molecular weight excluding hydrogens is 403 g/mol. The van der Waals surface area contributed by atoms with Gasteiger partial charge in [0.15, 0.2) is 0 Å². The second kappa shape index (κ2) is 7.18. The van der Waals surface area contributed by atoms with E-state index in [9.17, 15) is 17.6 Å². The molecule has 0 aliphatic carbocycles. The molecule has 1 aromatic heterocycles. The molecule has 2 bridgehead atoms. The Morgan fingerprint density at radius 2 is 1.57 bits per heavy atom. The van der Waals surface area contributed by atoms with Crippen LogP contribution in [0.1, 0.15) is 18.0 Å². The maximum atomic E-state index is 14.6. The van der Waals surface area contributed by atoms with Crippen LogP contribution in [0.25, 0.3) is 11.1 Å². The Bertz CT molecular complexity index is 1270. The van der Waals surface area contributed by atoms with Crippen molar-refractivity contribution in [2.45, 2.75) is 23.8 Å². The van der Waals surface area contributed by atoms with Gasteiger partial charge in [-0.15, -0.1) is 0 Å². The second-order valence-electron chi connectivity index (χ2n) is 7.99. The first kappa shape index (κ1) is 19.2. The standard InChI is InChI=1S/C23H21FN2O3S/c24-21-9-5-4-8-19(21)20-10-11-22(27)26-14-16-12-17(23(20)26)15-25(13-16)30(28,29)18-6-2-1-3-7-18/h1-11,16-17H,12-15H2. The summed E-state index contributed by atoms with van der Waals surface area (Å²) in [5, 5.41) is 0. The van der Waals surface area contributed by atoms with Crippen molar-refractivity contribution in [3.8, 4) is 11.1 Å². The van der Waals surface area contributed by atoms with Gasteiger partial charge in [-0.1, -0.05) is 36.4 Å². The van der Waals surface area contributed by atoms with Crippen molar-refractivity contribution in [2.75, 3.05) is 13.1 Å². The number of hydrogen-bond donors (Lipinski definition) is 0. The third-order valence-corrected chi connectivity index (χ3v) is 7.95. The lowest BCUT2D eigenvalue weighted by molar-refractivity contribution is 0.187. The van der Waals surface area contributed by atoms with Gasteiger partial charge in [-0.2, -0.15) is 4.31 Å². The second-order valence-corrected chi connectivity index (χ2v) is 9.93. The highest BCUT2D eigenvalue weighted by Crippen LogP contribution is 2.41. The van der Waals surface area contributed by atoms with Gasteiger partial charge in [0.05, 0.1) is 4.90 Å². The molecule has 0 radical (unpaired) electrons. The van der Waals surface area contributed by atoms with Gasteiger partial charge in [0, 0.05) is 48.4 Å². The van der Waals surface area contributed by atoms with E-state index >= 15 is 0 Å². The van der Waals surface area contributed by atoms with Gasteiger partial charge in [0.2, 0.25) is 10.0 Å². The predicted octanol–water partition coefficient (Wildman–Crippen LogP) is 3.46. The van der Waals surface area contributed by atoms with Crippen molar-refractivity contribution < 1.29 is 12.8 Å². The Morgan fingerprint density at radius 1 is 0.833 bits per heavy atom. The van der Waals surface area contributed by atoms with Crippen LogP contribution in [0.2, 0.25) is 0 Å². The van der Waals surface area contributed by atoms with Crippen molar-refractivity contribution in [1.29, 1.82) is 0 Å².